The SMILES string of the molecule is COc1ccc(N2C(=O)NC(CC(=O)NC(c3ccccc3)c3nccn3C)C2=O)cc1. The van der Waals surface area contributed by atoms with Crippen LogP contribution >= 0.6 is 0 Å². The van der Waals surface area contributed by atoms with E-state index < -0.39 is 24.0 Å². The predicted molar refractivity (Wildman–Crippen MR) is 117 cm³/mol. The van der Waals surface area contributed by atoms with Crippen LogP contribution in [0.5, 0.6) is 5.75 Å². The number of methoxy groups -OCH3 is 1. The first-order valence-corrected chi connectivity index (χ1v) is 10.1. The van der Waals surface area contributed by atoms with Crippen molar-refractivity contribution in [3.05, 3.63) is 78.4 Å². The predicted octanol–water partition coefficient (Wildman–Crippen LogP) is 2.15. The Bertz CT molecular complexity index is 1130. The molecule has 2 heterocycles. The van der Waals surface area contributed by atoms with Gasteiger partial charge in [-0.05, 0) is 29.8 Å². The lowest BCUT2D eigenvalue weighted by atomic mass is 10.1. The standard InChI is InChI=1S/C23H23N5O4/c1-27-13-12-24-21(27)20(15-6-4-3-5-7-15)26-19(29)14-18-22(30)28(23(31)25-18)16-8-10-17(32-2)11-9-16/h3-13,18,20H,14H2,1-2H3,(H,25,31)(H,26,29). The van der Waals surface area contributed by atoms with Crippen molar-refractivity contribution in [3.8, 4) is 5.75 Å². The maximum Gasteiger partial charge on any atom is 0.329 e. The van der Waals surface area contributed by atoms with Crippen LogP contribution < -0.4 is 20.3 Å². The maximum absolute atomic E-state index is 12.9. The number of benzene rings is 2. The minimum absolute atomic E-state index is 0.189. The second-order valence-electron chi connectivity index (χ2n) is 7.39. The molecule has 2 N–H and O–H groups in total. The van der Waals surface area contributed by atoms with E-state index in [0.29, 0.717) is 17.3 Å². The number of ether oxygens (including phenoxy) is 1. The highest BCUT2D eigenvalue weighted by Crippen LogP contribution is 2.24. The Morgan fingerprint density at radius 1 is 1.16 bits per heavy atom. The number of rotatable bonds is 7. The molecule has 9 nitrogen and oxygen atoms in total. The molecule has 4 amide bonds. The lowest BCUT2D eigenvalue weighted by Gasteiger charge is -2.20. The van der Waals surface area contributed by atoms with Crippen molar-refractivity contribution in [1.29, 1.82) is 0 Å². The summed E-state index contributed by atoms with van der Waals surface area (Å²) in [6.45, 7) is 0. The molecule has 0 saturated carbocycles. The molecule has 9 heteroatoms. The topological polar surface area (TPSA) is 106 Å². The Morgan fingerprint density at radius 3 is 2.50 bits per heavy atom. The first kappa shape index (κ1) is 21.1. The van der Waals surface area contributed by atoms with Crippen LogP contribution in [0.1, 0.15) is 23.9 Å². The molecule has 164 valence electrons. The fourth-order valence-corrected chi connectivity index (χ4v) is 3.65. The fourth-order valence-electron chi connectivity index (χ4n) is 3.65. The van der Waals surface area contributed by atoms with E-state index in [2.05, 4.69) is 15.6 Å². The zero-order valence-electron chi connectivity index (χ0n) is 17.7. The molecule has 4 rings (SSSR count). The summed E-state index contributed by atoms with van der Waals surface area (Å²) in [4.78, 5) is 43.6. The van der Waals surface area contributed by atoms with Crippen molar-refractivity contribution < 1.29 is 19.1 Å². The van der Waals surface area contributed by atoms with E-state index in [1.54, 1.807) is 36.7 Å². The number of imide groups is 1. The molecular formula is C23H23N5O4. The number of hydrogen-bond acceptors (Lipinski definition) is 5. The van der Waals surface area contributed by atoms with Gasteiger partial charge in [-0.1, -0.05) is 30.3 Å². The van der Waals surface area contributed by atoms with Crippen molar-refractivity contribution >= 4 is 23.5 Å². The van der Waals surface area contributed by atoms with Gasteiger partial charge < -0.3 is 19.9 Å². The molecule has 2 aromatic carbocycles. The molecule has 1 aliphatic heterocycles. The number of carbonyl (C=O) groups excluding carboxylic acids is 3. The van der Waals surface area contributed by atoms with Crippen LogP contribution in [-0.4, -0.2) is 40.5 Å². The largest absolute Gasteiger partial charge is 0.497 e. The summed E-state index contributed by atoms with van der Waals surface area (Å²) < 4.78 is 6.93. The molecular weight excluding hydrogens is 410 g/mol. The summed E-state index contributed by atoms with van der Waals surface area (Å²) in [6, 6.07) is 14.0. The molecule has 0 bridgehead atoms. The van der Waals surface area contributed by atoms with Gasteiger partial charge >= 0.3 is 6.03 Å². The van der Waals surface area contributed by atoms with Crippen LogP contribution in [0.25, 0.3) is 0 Å². The van der Waals surface area contributed by atoms with Gasteiger partial charge in [0.2, 0.25) is 5.91 Å². The third-order valence-corrected chi connectivity index (χ3v) is 5.29. The summed E-state index contributed by atoms with van der Waals surface area (Å²) in [6.07, 6.45) is 3.26. The Kier molecular flexibility index (Phi) is 5.89. The second kappa shape index (κ2) is 8.93. The number of nitrogens with one attached hydrogen (secondary N) is 2. The molecule has 2 unspecified atom stereocenters. The number of aromatic nitrogens is 2. The lowest BCUT2D eigenvalue weighted by Crippen LogP contribution is -2.38. The number of urea groups is 1. The molecule has 0 spiro atoms. The fraction of sp³-hybridized carbons (Fsp3) is 0.217. The Balaban J connectivity index is 1.48. The van der Waals surface area contributed by atoms with E-state index in [-0.39, 0.29) is 12.3 Å². The van der Waals surface area contributed by atoms with Gasteiger partial charge in [-0.3, -0.25) is 9.59 Å². The van der Waals surface area contributed by atoms with Gasteiger partial charge in [0.05, 0.1) is 19.2 Å². The third-order valence-electron chi connectivity index (χ3n) is 5.29. The molecule has 3 aromatic rings. The number of aryl methyl sites for hydroxylation is 1. The van der Waals surface area contributed by atoms with E-state index >= 15 is 0 Å². The first-order valence-electron chi connectivity index (χ1n) is 10.1. The average molecular weight is 433 g/mol. The van der Waals surface area contributed by atoms with Gasteiger partial charge in [-0.25, -0.2) is 14.7 Å². The monoisotopic (exact) mass is 433 g/mol. The van der Waals surface area contributed by atoms with Crippen LogP contribution in [0.4, 0.5) is 10.5 Å². The number of amides is 4. The molecule has 1 aliphatic rings. The van der Waals surface area contributed by atoms with Crippen molar-refractivity contribution in [3.63, 3.8) is 0 Å². The average Bonchev–Trinajstić information content (AvgIpc) is 3.35. The normalized spacial score (nSPS) is 16.6. The number of carbonyl (C=O) groups is 3. The quantitative estimate of drug-likeness (QED) is 0.556. The van der Waals surface area contributed by atoms with Gasteiger partial charge in [0.25, 0.3) is 5.91 Å². The maximum atomic E-state index is 12.9. The highest BCUT2D eigenvalue weighted by molar-refractivity contribution is 6.22. The van der Waals surface area contributed by atoms with Crippen molar-refractivity contribution in [2.45, 2.75) is 18.5 Å². The van der Waals surface area contributed by atoms with Crippen LogP contribution in [-0.2, 0) is 16.6 Å². The van der Waals surface area contributed by atoms with E-state index in [0.717, 1.165) is 10.5 Å². The first-order chi connectivity index (χ1) is 15.5. The third kappa shape index (κ3) is 4.18. The summed E-state index contributed by atoms with van der Waals surface area (Å²) >= 11 is 0. The Morgan fingerprint density at radius 2 is 1.88 bits per heavy atom. The van der Waals surface area contributed by atoms with Crippen LogP contribution in [0.15, 0.2) is 67.0 Å². The molecule has 32 heavy (non-hydrogen) atoms. The molecule has 0 aliphatic carbocycles. The minimum Gasteiger partial charge on any atom is -0.497 e. The Hall–Kier alpha value is -4.14. The highest BCUT2D eigenvalue weighted by Gasteiger charge is 2.40. The van der Waals surface area contributed by atoms with Gasteiger partial charge in [0.1, 0.15) is 23.7 Å². The molecule has 2 atom stereocenters. The van der Waals surface area contributed by atoms with Gasteiger partial charge in [-0.15, -0.1) is 0 Å². The summed E-state index contributed by atoms with van der Waals surface area (Å²) in [5.74, 6) is 0.407. The number of nitrogens with zero attached hydrogens (tertiary/aromatic N) is 3. The number of hydrogen-bond donors (Lipinski definition) is 2. The van der Waals surface area contributed by atoms with E-state index in [9.17, 15) is 14.4 Å². The van der Waals surface area contributed by atoms with Crippen LogP contribution in [0.3, 0.4) is 0 Å². The smallest absolute Gasteiger partial charge is 0.329 e. The zero-order chi connectivity index (χ0) is 22.7. The molecule has 1 fully saturated rings. The van der Waals surface area contributed by atoms with E-state index in [4.69, 9.17) is 4.74 Å². The van der Waals surface area contributed by atoms with Gasteiger partial charge in [0, 0.05) is 19.4 Å². The van der Waals surface area contributed by atoms with E-state index in [1.165, 1.54) is 7.11 Å². The summed E-state index contributed by atoms with van der Waals surface area (Å²) in [5, 5.41) is 5.54. The molecule has 1 saturated heterocycles. The van der Waals surface area contributed by atoms with Crippen molar-refractivity contribution in [2.75, 3.05) is 12.0 Å². The minimum atomic E-state index is -0.956. The van der Waals surface area contributed by atoms with Crippen LogP contribution in [0, 0.1) is 0 Å². The molecule has 0 radical (unpaired) electrons. The van der Waals surface area contributed by atoms with Crippen LogP contribution in [0.2, 0.25) is 0 Å². The van der Waals surface area contributed by atoms with Gasteiger partial charge in [-0.2, -0.15) is 0 Å². The summed E-state index contributed by atoms with van der Waals surface area (Å²) in [5.41, 5.74) is 1.27. The number of anilines is 1. The molecule has 1 aromatic heterocycles. The van der Waals surface area contributed by atoms with Crippen molar-refractivity contribution in [2.24, 2.45) is 7.05 Å². The summed E-state index contributed by atoms with van der Waals surface area (Å²) in [7, 11) is 3.38. The van der Waals surface area contributed by atoms with E-state index in [1.807, 2.05) is 41.9 Å². The van der Waals surface area contributed by atoms with Gasteiger partial charge in [0.15, 0.2) is 0 Å². The number of imidazole rings is 1. The second-order valence-corrected chi connectivity index (χ2v) is 7.39. The Labute approximate surface area is 185 Å². The zero-order valence-corrected chi connectivity index (χ0v) is 17.7. The highest BCUT2D eigenvalue weighted by atomic mass is 16.5. The lowest BCUT2D eigenvalue weighted by molar-refractivity contribution is -0.126. The van der Waals surface area contributed by atoms with Crippen molar-refractivity contribution in [1.82, 2.24) is 20.2 Å².